The van der Waals surface area contributed by atoms with Crippen molar-refractivity contribution in [2.45, 2.75) is 44.5 Å². The molecule has 0 aromatic heterocycles. The van der Waals surface area contributed by atoms with Gasteiger partial charge in [0.05, 0.1) is 6.04 Å². The van der Waals surface area contributed by atoms with Crippen LogP contribution in [-0.2, 0) is 23.8 Å². The molecule has 104 valence electrons. The zero-order valence-corrected chi connectivity index (χ0v) is 10.1. The van der Waals surface area contributed by atoms with E-state index in [1.54, 1.807) is 0 Å². The van der Waals surface area contributed by atoms with Crippen LogP contribution in [0.1, 0.15) is 13.8 Å². The van der Waals surface area contributed by atoms with E-state index in [0.717, 1.165) is 6.92 Å². The fourth-order valence-electron chi connectivity index (χ4n) is 1.63. The third-order valence-corrected chi connectivity index (χ3v) is 2.49. The van der Waals surface area contributed by atoms with Gasteiger partial charge in [0.25, 0.3) is 0 Å². The van der Waals surface area contributed by atoms with Crippen LogP contribution in [0, 0.1) is 0 Å². The number of hydrogen-bond donors (Lipinski definition) is 3. The van der Waals surface area contributed by atoms with Gasteiger partial charge in [0.15, 0.2) is 12.4 Å². The zero-order chi connectivity index (χ0) is 13.9. The molecule has 3 unspecified atom stereocenters. The Hall–Kier alpha value is -1.22. The summed E-state index contributed by atoms with van der Waals surface area (Å²) in [6.45, 7) is 2.08. The molecule has 1 aliphatic heterocycles. The fraction of sp³-hybridized carbons (Fsp3) is 0.800. The highest BCUT2D eigenvalue weighted by Gasteiger charge is 2.45. The third-order valence-electron chi connectivity index (χ3n) is 2.49. The molecule has 1 rings (SSSR count). The molecule has 1 aliphatic rings. The lowest BCUT2D eigenvalue weighted by atomic mass is 9.97. The van der Waals surface area contributed by atoms with Gasteiger partial charge in [-0.15, -0.1) is 0 Å². The van der Waals surface area contributed by atoms with E-state index in [9.17, 15) is 19.8 Å². The van der Waals surface area contributed by atoms with E-state index in [1.165, 1.54) is 6.92 Å². The van der Waals surface area contributed by atoms with Crippen LogP contribution in [-0.4, -0.2) is 59.4 Å². The number of nitrogens with two attached hydrogens (primary N) is 1. The highest BCUT2D eigenvalue weighted by Crippen LogP contribution is 2.21. The highest BCUT2D eigenvalue weighted by molar-refractivity contribution is 5.66. The number of esters is 2. The molecule has 1 saturated heterocycles. The van der Waals surface area contributed by atoms with Crippen LogP contribution in [0.15, 0.2) is 0 Å². The predicted molar refractivity (Wildman–Crippen MR) is 57.0 cm³/mol. The van der Waals surface area contributed by atoms with Gasteiger partial charge in [-0.2, -0.15) is 0 Å². The molecule has 18 heavy (non-hydrogen) atoms. The Labute approximate surface area is 104 Å². The van der Waals surface area contributed by atoms with Crippen molar-refractivity contribution in [2.24, 2.45) is 5.73 Å². The maximum atomic E-state index is 10.9. The Morgan fingerprint density at radius 1 is 1.28 bits per heavy atom. The van der Waals surface area contributed by atoms with Gasteiger partial charge >= 0.3 is 11.9 Å². The van der Waals surface area contributed by atoms with Gasteiger partial charge in [0.2, 0.25) is 0 Å². The summed E-state index contributed by atoms with van der Waals surface area (Å²) in [5.41, 5.74) is 5.56. The summed E-state index contributed by atoms with van der Waals surface area (Å²) >= 11 is 0. The molecule has 8 nitrogen and oxygen atoms in total. The van der Waals surface area contributed by atoms with Crippen molar-refractivity contribution < 1.29 is 34.0 Å². The molecule has 0 spiro atoms. The van der Waals surface area contributed by atoms with E-state index < -0.39 is 42.6 Å². The van der Waals surface area contributed by atoms with Crippen molar-refractivity contribution in [2.75, 3.05) is 6.61 Å². The second-order valence-electron chi connectivity index (χ2n) is 4.01. The third kappa shape index (κ3) is 3.64. The standard InChI is InChI=1S/C10H17NO7/c1-4(12)16-3-6-8(14)9(17-5(2)13)7(11)10(15)18-6/h6-10,14-15H,3,11H2,1-2H3/t6?,7?,8-,9?,10+/m0/s1. The van der Waals surface area contributed by atoms with Crippen LogP contribution in [0.2, 0.25) is 0 Å². The lowest BCUT2D eigenvalue weighted by Crippen LogP contribution is -2.63. The number of hydrogen-bond acceptors (Lipinski definition) is 8. The molecule has 5 atom stereocenters. The number of carbonyl (C=O) groups excluding carboxylic acids is 2. The molecule has 0 saturated carbocycles. The molecule has 0 radical (unpaired) electrons. The Balaban J connectivity index is 2.70. The van der Waals surface area contributed by atoms with Crippen molar-refractivity contribution in [3.63, 3.8) is 0 Å². The molecule has 0 aliphatic carbocycles. The van der Waals surface area contributed by atoms with Gasteiger partial charge in [0.1, 0.15) is 18.8 Å². The van der Waals surface area contributed by atoms with Crippen LogP contribution in [0.4, 0.5) is 0 Å². The maximum Gasteiger partial charge on any atom is 0.303 e. The van der Waals surface area contributed by atoms with Gasteiger partial charge in [-0.1, -0.05) is 0 Å². The van der Waals surface area contributed by atoms with E-state index in [0.29, 0.717) is 0 Å². The number of rotatable bonds is 3. The molecule has 0 aromatic carbocycles. The van der Waals surface area contributed by atoms with Crippen molar-refractivity contribution in [3.8, 4) is 0 Å². The van der Waals surface area contributed by atoms with Crippen molar-refractivity contribution in [1.29, 1.82) is 0 Å². The maximum absolute atomic E-state index is 10.9. The molecule has 0 aromatic rings. The summed E-state index contributed by atoms with van der Waals surface area (Å²) in [6.07, 6.45) is -4.83. The van der Waals surface area contributed by atoms with Crippen LogP contribution >= 0.6 is 0 Å². The highest BCUT2D eigenvalue weighted by atomic mass is 16.6. The average molecular weight is 263 g/mol. The fourth-order valence-corrected chi connectivity index (χ4v) is 1.63. The van der Waals surface area contributed by atoms with Crippen LogP contribution in [0.25, 0.3) is 0 Å². The summed E-state index contributed by atoms with van der Waals surface area (Å²) in [5.74, 6) is -1.20. The molecule has 8 heteroatoms. The molecule has 1 heterocycles. The number of aliphatic hydroxyl groups excluding tert-OH is 2. The van der Waals surface area contributed by atoms with Crippen molar-refractivity contribution >= 4 is 11.9 Å². The molecule has 0 amide bonds. The first-order valence-corrected chi connectivity index (χ1v) is 5.40. The summed E-state index contributed by atoms with van der Waals surface area (Å²) in [6, 6.07) is -1.07. The normalized spacial score (nSPS) is 35.9. The van der Waals surface area contributed by atoms with Crippen LogP contribution in [0.5, 0.6) is 0 Å². The van der Waals surface area contributed by atoms with E-state index in [-0.39, 0.29) is 6.61 Å². The van der Waals surface area contributed by atoms with E-state index in [4.69, 9.17) is 15.2 Å². The molecular weight excluding hydrogens is 246 g/mol. The minimum absolute atomic E-state index is 0.266. The number of ether oxygens (including phenoxy) is 3. The Morgan fingerprint density at radius 3 is 2.39 bits per heavy atom. The number of aliphatic hydroxyl groups is 2. The van der Waals surface area contributed by atoms with E-state index in [1.807, 2.05) is 0 Å². The molecule has 1 fully saturated rings. The molecular formula is C10H17NO7. The predicted octanol–water partition coefficient (Wildman–Crippen LogP) is -2.11. The first kappa shape index (κ1) is 14.8. The lowest BCUT2D eigenvalue weighted by Gasteiger charge is -2.40. The summed E-state index contributed by atoms with van der Waals surface area (Å²) < 4.78 is 14.5. The summed E-state index contributed by atoms with van der Waals surface area (Å²) in [7, 11) is 0. The van der Waals surface area contributed by atoms with Crippen molar-refractivity contribution in [3.05, 3.63) is 0 Å². The monoisotopic (exact) mass is 263 g/mol. The Morgan fingerprint density at radius 2 is 1.89 bits per heavy atom. The van der Waals surface area contributed by atoms with Crippen molar-refractivity contribution in [1.82, 2.24) is 0 Å². The Bertz CT molecular complexity index is 321. The topological polar surface area (TPSA) is 128 Å². The summed E-state index contributed by atoms with van der Waals surface area (Å²) in [5, 5.41) is 19.4. The second-order valence-corrected chi connectivity index (χ2v) is 4.01. The van der Waals surface area contributed by atoms with Gasteiger partial charge in [-0.05, 0) is 0 Å². The van der Waals surface area contributed by atoms with Gasteiger partial charge in [-0.3, -0.25) is 9.59 Å². The smallest absolute Gasteiger partial charge is 0.303 e. The van der Waals surface area contributed by atoms with Crippen LogP contribution in [0.3, 0.4) is 0 Å². The molecule has 4 N–H and O–H groups in total. The number of carbonyl (C=O) groups is 2. The first-order valence-electron chi connectivity index (χ1n) is 5.40. The largest absolute Gasteiger partial charge is 0.463 e. The van der Waals surface area contributed by atoms with Gasteiger partial charge < -0.3 is 30.2 Å². The molecule has 0 bridgehead atoms. The zero-order valence-electron chi connectivity index (χ0n) is 10.1. The van der Waals surface area contributed by atoms with E-state index >= 15 is 0 Å². The Kier molecular flexibility index (Phi) is 5.03. The van der Waals surface area contributed by atoms with Gasteiger partial charge in [0, 0.05) is 13.8 Å². The van der Waals surface area contributed by atoms with Crippen LogP contribution < -0.4 is 5.73 Å². The average Bonchev–Trinajstić information content (AvgIpc) is 2.27. The minimum atomic E-state index is -1.42. The minimum Gasteiger partial charge on any atom is -0.463 e. The second kappa shape index (κ2) is 6.10. The quantitative estimate of drug-likeness (QED) is 0.493. The first-order chi connectivity index (χ1) is 8.32. The summed E-state index contributed by atoms with van der Waals surface area (Å²) in [4.78, 5) is 21.6. The van der Waals surface area contributed by atoms with E-state index in [2.05, 4.69) is 4.74 Å². The van der Waals surface area contributed by atoms with Gasteiger partial charge in [-0.25, -0.2) is 0 Å². The lowest BCUT2D eigenvalue weighted by molar-refractivity contribution is -0.255. The SMILES string of the molecule is CC(=O)OCC1O[C@@H](O)C(N)C(OC(C)=O)[C@H]1O.